The highest BCUT2D eigenvalue weighted by molar-refractivity contribution is 7.98. The summed E-state index contributed by atoms with van der Waals surface area (Å²) in [6.07, 6.45) is 1.62. The van der Waals surface area contributed by atoms with Gasteiger partial charge in [0.25, 0.3) is 5.91 Å². The van der Waals surface area contributed by atoms with E-state index in [0.717, 1.165) is 33.8 Å². The number of aromatic nitrogens is 2. The predicted molar refractivity (Wildman–Crippen MR) is 133 cm³/mol. The summed E-state index contributed by atoms with van der Waals surface area (Å²) in [5.74, 6) is 0.809. The molecule has 0 unspecified atom stereocenters. The minimum absolute atomic E-state index is 0.240. The molecule has 0 saturated carbocycles. The quantitative estimate of drug-likeness (QED) is 0.295. The Morgan fingerprint density at radius 2 is 1.74 bits per heavy atom. The van der Waals surface area contributed by atoms with Gasteiger partial charge in [-0.25, -0.2) is 9.78 Å². The molecule has 34 heavy (non-hydrogen) atoms. The third-order valence-electron chi connectivity index (χ3n) is 5.50. The minimum Gasteiger partial charge on any atom is -0.452 e. The maximum absolute atomic E-state index is 12.8. The van der Waals surface area contributed by atoms with Crippen molar-refractivity contribution in [3.8, 4) is 0 Å². The van der Waals surface area contributed by atoms with Crippen LogP contribution in [0.1, 0.15) is 78.0 Å². The van der Waals surface area contributed by atoms with E-state index in [-0.39, 0.29) is 24.3 Å². The second kappa shape index (κ2) is 11.3. The smallest absolute Gasteiger partial charge is 0.341 e. The molecule has 7 nitrogen and oxygen atoms in total. The summed E-state index contributed by atoms with van der Waals surface area (Å²) in [7, 11) is 0. The Morgan fingerprint density at radius 3 is 2.32 bits per heavy atom. The number of ether oxygens (including phenoxy) is 1. The molecule has 2 heterocycles. The van der Waals surface area contributed by atoms with E-state index in [4.69, 9.17) is 9.26 Å². The largest absolute Gasteiger partial charge is 0.452 e. The van der Waals surface area contributed by atoms with Gasteiger partial charge < -0.3 is 14.6 Å². The topological polar surface area (TPSA) is 94.3 Å². The summed E-state index contributed by atoms with van der Waals surface area (Å²) in [5, 5.41) is 7.45. The zero-order valence-corrected chi connectivity index (χ0v) is 21.3. The van der Waals surface area contributed by atoms with Crippen LogP contribution < -0.4 is 5.32 Å². The number of carbonyl (C=O) groups excluding carboxylic acids is 2. The monoisotopic (exact) mass is 481 g/mol. The zero-order chi connectivity index (χ0) is 24.8. The molecule has 0 bridgehead atoms. The fourth-order valence-electron chi connectivity index (χ4n) is 3.59. The zero-order valence-electron chi connectivity index (χ0n) is 20.5. The first-order chi connectivity index (χ1) is 16.2. The molecule has 3 rings (SSSR count). The molecule has 8 heteroatoms. The third kappa shape index (κ3) is 6.05. The number of nitrogens with one attached hydrogen (secondary N) is 1. The Bertz CT molecular complexity index is 1120. The predicted octanol–water partition coefficient (Wildman–Crippen LogP) is 6.02. The van der Waals surface area contributed by atoms with Crippen molar-refractivity contribution in [2.75, 3.05) is 11.9 Å². The number of pyridine rings is 1. The molecular weight excluding hydrogens is 450 g/mol. The van der Waals surface area contributed by atoms with Crippen molar-refractivity contribution in [3.05, 3.63) is 70.2 Å². The van der Waals surface area contributed by atoms with Crippen LogP contribution in [0.25, 0.3) is 0 Å². The molecular formula is C26H31N3O4S. The van der Waals surface area contributed by atoms with Crippen molar-refractivity contribution in [1.82, 2.24) is 10.1 Å². The van der Waals surface area contributed by atoms with Crippen LogP contribution in [0.2, 0.25) is 0 Å². The Kier molecular flexibility index (Phi) is 8.50. The maximum atomic E-state index is 12.8. The van der Waals surface area contributed by atoms with Gasteiger partial charge in [0.2, 0.25) is 0 Å². The van der Waals surface area contributed by atoms with Gasteiger partial charge in [0, 0.05) is 23.2 Å². The van der Waals surface area contributed by atoms with Crippen LogP contribution in [0.15, 0.2) is 46.1 Å². The van der Waals surface area contributed by atoms with E-state index in [9.17, 15) is 9.59 Å². The lowest BCUT2D eigenvalue weighted by atomic mass is 9.92. The summed E-state index contributed by atoms with van der Waals surface area (Å²) in [5.41, 5.74) is 5.00. The molecule has 2 aromatic heterocycles. The van der Waals surface area contributed by atoms with Crippen LogP contribution in [-0.2, 0) is 15.3 Å². The molecule has 3 aromatic rings. The van der Waals surface area contributed by atoms with Crippen LogP contribution in [-0.4, -0.2) is 28.6 Å². The van der Waals surface area contributed by atoms with Crippen molar-refractivity contribution in [3.63, 3.8) is 0 Å². The van der Waals surface area contributed by atoms with Crippen molar-refractivity contribution in [2.24, 2.45) is 0 Å². The average molecular weight is 482 g/mol. The molecule has 0 saturated heterocycles. The fraction of sp³-hybridized carbons (Fsp3) is 0.385. The van der Waals surface area contributed by atoms with E-state index < -0.39 is 5.97 Å². The van der Waals surface area contributed by atoms with Gasteiger partial charge in [-0.2, -0.15) is 0 Å². The van der Waals surface area contributed by atoms with Crippen molar-refractivity contribution in [2.45, 2.75) is 64.2 Å². The molecule has 1 aromatic carbocycles. The van der Waals surface area contributed by atoms with E-state index in [0.29, 0.717) is 16.3 Å². The van der Waals surface area contributed by atoms with E-state index in [1.54, 1.807) is 18.3 Å². The van der Waals surface area contributed by atoms with E-state index in [1.807, 2.05) is 32.0 Å². The lowest BCUT2D eigenvalue weighted by molar-refractivity contribution is -0.119. The van der Waals surface area contributed by atoms with Crippen molar-refractivity contribution >= 4 is 29.3 Å². The summed E-state index contributed by atoms with van der Waals surface area (Å²) < 4.78 is 10.6. The second-order valence-electron chi connectivity index (χ2n) is 8.69. The Balaban J connectivity index is 1.67. The van der Waals surface area contributed by atoms with Crippen LogP contribution in [0.5, 0.6) is 0 Å². The lowest BCUT2D eigenvalue weighted by Crippen LogP contribution is -2.23. The molecule has 0 aliphatic heterocycles. The first-order valence-electron chi connectivity index (χ1n) is 11.3. The van der Waals surface area contributed by atoms with E-state index >= 15 is 0 Å². The summed E-state index contributed by atoms with van der Waals surface area (Å²) in [6.45, 7) is 11.7. The minimum atomic E-state index is -0.592. The highest BCUT2D eigenvalue weighted by Gasteiger charge is 2.20. The van der Waals surface area contributed by atoms with Gasteiger partial charge >= 0.3 is 5.97 Å². The van der Waals surface area contributed by atoms with Gasteiger partial charge in [-0.1, -0.05) is 51.1 Å². The first kappa shape index (κ1) is 25.5. The lowest BCUT2D eigenvalue weighted by Gasteiger charge is -2.20. The third-order valence-corrected chi connectivity index (χ3v) is 6.53. The van der Waals surface area contributed by atoms with Gasteiger partial charge in [0.1, 0.15) is 10.8 Å². The van der Waals surface area contributed by atoms with E-state index in [1.165, 1.54) is 11.8 Å². The first-order valence-corrected chi connectivity index (χ1v) is 12.3. The molecule has 0 atom stereocenters. The van der Waals surface area contributed by atoms with Gasteiger partial charge in [-0.15, -0.1) is 11.8 Å². The fourth-order valence-corrected chi connectivity index (χ4v) is 4.72. The highest BCUT2D eigenvalue weighted by atomic mass is 32.2. The number of rotatable bonds is 9. The molecule has 0 aliphatic carbocycles. The number of esters is 1. The van der Waals surface area contributed by atoms with Crippen LogP contribution in [0.3, 0.4) is 0 Å². The number of thioether (sulfide) groups is 1. The van der Waals surface area contributed by atoms with Crippen molar-refractivity contribution in [1.29, 1.82) is 0 Å². The summed E-state index contributed by atoms with van der Waals surface area (Å²) in [4.78, 5) is 29.8. The summed E-state index contributed by atoms with van der Waals surface area (Å²) >= 11 is 1.40. The number of carbonyl (C=O) groups is 2. The number of anilines is 1. The molecule has 0 radical (unpaired) electrons. The highest BCUT2D eigenvalue weighted by Crippen LogP contribution is 2.32. The van der Waals surface area contributed by atoms with Crippen LogP contribution in [0.4, 0.5) is 5.69 Å². The number of aryl methyl sites for hydroxylation is 2. The van der Waals surface area contributed by atoms with Crippen LogP contribution >= 0.6 is 11.8 Å². The molecule has 0 fully saturated rings. The van der Waals surface area contributed by atoms with E-state index in [2.05, 4.69) is 43.2 Å². The van der Waals surface area contributed by atoms with Gasteiger partial charge in [0.05, 0.1) is 11.3 Å². The maximum Gasteiger partial charge on any atom is 0.341 e. The molecule has 0 aliphatic rings. The SMILES string of the molecule is Cc1noc(C)c1CSc1ncccc1C(=O)OCC(=O)Nc1c(C(C)C)cccc1C(C)C. The Hall–Kier alpha value is -3.13. The van der Waals surface area contributed by atoms with Crippen molar-refractivity contribution < 1.29 is 18.8 Å². The Morgan fingerprint density at radius 1 is 1.06 bits per heavy atom. The summed E-state index contributed by atoms with van der Waals surface area (Å²) in [6, 6.07) is 9.34. The molecule has 180 valence electrons. The Labute approximate surface area is 204 Å². The number of nitrogens with zero attached hydrogens (tertiary/aromatic N) is 2. The van der Waals surface area contributed by atoms with Crippen LogP contribution in [0, 0.1) is 13.8 Å². The second-order valence-corrected chi connectivity index (χ2v) is 9.66. The average Bonchev–Trinajstić information content (AvgIpc) is 3.13. The molecule has 0 spiro atoms. The standard InChI is InChI=1S/C26H31N3O4S/c1-15(2)19-9-7-10-20(16(3)4)24(19)28-23(30)13-32-26(31)21-11-8-12-27-25(21)34-14-22-17(5)29-33-18(22)6/h7-12,15-16H,13-14H2,1-6H3,(H,28,30). The van der Waals surface area contributed by atoms with Gasteiger partial charge in [0.15, 0.2) is 6.61 Å². The number of para-hydroxylation sites is 1. The molecule has 1 N–H and O–H groups in total. The number of amides is 1. The molecule has 1 amide bonds. The normalized spacial score (nSPS) is 11.2. The van der Waals surface area contributed by atoms with Gasteiger partial charge in [-0.3, -0.25) is 4.79 Å². The number of benzene rings is 1. The number of hydrogen-bond donors (Lipinski definition) is 1. The van der Waals surface area contributed by atoms with Gasteiger partial charge in [-0.05, 0) is 48.9 Å². The number of hydrogen-bond acceptors (Lipinski definition) is 7.